The van der Waals surface area contributed by atoms with Crippen molar-refractivity contribution in [3.05, 3.63) is 62.5 Å². The van der Waals surface area contributed by atoms with Gasteiger partial charge in [0.2, 0.25) is 5.91 Å². The Morgan fingerprint density at radius 1 is 1.29 bits per heavy atom. The van der Waals surface area contributed by atoms with Gasteiger partial charge in [-0.25, -0.2) is 0 Å². The lowest BCUT2D eigenvalue weighted by Crippen LogP contribution is -2.36. The van der Waals surface area contributed by atoms with E-state index in [1.54, 1.807) is 36.4 Å². The molecule has 8 nitrogen and oxygen atoms in total. The molecule has 0 bridgehead atoms. The maximum Gasteiger partial charge on any atom is 0.294 e. The van der Waals surface area contributed by atoms with Crippen molar-refractivity contribution in [2.24, 2.45) is 5.73 Å². The van der Waals surface area contributed by atoms with Crippen LogP contribution in [0.1, 0.15) is 16.7 Å². The van der Waals surface area contributed by atoms with Crippen molar-refractivity contribution in [2.75, 3.05) is 13.7 Å². The van der Waals surface area contributed by atoms with Crippen LogP contribution in [-0.2, 0) is 16.2 Å². The zero-order chi connectivity index (χ0) is 22.5. The van der Waals surface area contributed by atoms with E-state index in [1.165, 1.54) is 13.2 Å². The first kappa shape index (κ1) is 22.4. The molecule has 0 spiro atoms. The Morgan fingerprint density at radius 2 is 2.00 bits per heavy atom. The molecule has 0 aliphatic carbocycles. The second-order valence-electron chi connectivity index (χ2n) is 6.37. The molecule has 1 aliphatic heterocycles. The summed E-state index contributed by atoms with van der Waals surface area (Å²) in [5.74, 6) is -0.460. The standard InChI is InChI=1S/C21H16BrN3O5S/c1-29-16-7-14(8-17-20(27)25(10-18(24)26)21(28)31-17)6-15(22)19(16)30-11-13-4-2-12(9-23)3-5-13/h2-8H,10-11H2,1H3,(H2,24,26)/b17-8-. The minimum atomic E-state index is -0.767. The third-order valence-electron chi connectivity index (χ3n) is 4.20. The van der Waals surface area contributed by atoms with E-state index < -0.39 is 23.6 Å². The Labute approximate surface area is 190 Å². The molecule has 2 N–H and O–H groups in total. The third kappa shape index (κ3) is 5.25. The van der Waals surface area contributed by atoms with Crippen molar-refractivity contribution in [3.63, 3.8) is 0 Å². The molecule has 0 aromatic heterocycles. The second kappa shape index (κ2) is 9.68. The van der Waals surface area contributed by atoms with Crippen molar-refractivity contribution in [1.82, 2.24) is 4.90 Å². The van der Waals surface area contributed by atoms with Gasteiger partial charge in [-0.05, 0) is 69.2 Å². The monoisotopic (exact) mass is 501 g/mol. The summed E-state index contributed by atoms with van der Waals surface area (Å²) in [4.78, 5) is 36.4. The maximum absolute atomic E-state index is 12.4. The van der Waals surface area contributed by atoms with Gasteiger partial charge in [-0.15, -0.1) is 0 Å². The minimum absolute atomic E-state index is 0.173. The van der Waals surface area contributed by atoms with E-state index in [2.05, 4.69) is 22.0 Å². The molecular weight excluding hydrogens is 486 g/mol. The summed E-state index contributed by atoms with van der Waals surface area (Å²) >= 11 is 4.18. The van der Waals surface area contributed by atoms with E-state index in [9.17, 15) is 14.4 Å². The lowest BCUT2D eigenvalue weighted by molar-refractivity contribution is -0.127. The van der Waals surface area contributed by atoms with Crippen LogP contribution in [0.15, 0.2) is 45.8 Å². The number of methoxy groups -OCH3 is 1. The summed E-state index contributed by atoms with van der Waals surface area (Å²) in [5.41, 5.74) is 7.12. The highest BCUT2D eigenvalue weighted by Gasteiger charge is 2.35. The van der Waals surface area contributed by atoms with Crippen molar-refractivity contribution >= 4 is 50.8 Å². The van der Waals surface area contributed by atoms with Gasteiger partial charge in [0.25, 0.3) is 11.1 Å². The zero-order valence-corrected chi connectivity index (χ0v) is 18.7. The van der Waals surface area contributed by atoms with Crippen LogP contribution in [0.5, 0.6) is 11.5 Å². The Bertz CT molecular complexity index is 1130. The predicted octanol–water partition coefficient (Wildman–Crippen LogP) is 3.43. The SMILES string of the molecule is COc1cc(/C=C2\SC(=O)N(CC(N)=O)C2=O)cc(Br)c1OCc1ccc(C#N)cc1. The van der Waals surface area contributed by atoms with Crippen LogP contribution < -0.4 is 15.2 Å². The van der Waals surface area contributed by atoms with Crippen LogP contribution in [0.25, 0.3) is 6.08 Å². The summed E-state index contributed by atoms with van der Waals surface area (Å²) in [6, 6.07) is 12.5. The van der Waals surface area contributed by atoms with Crippen molar-refractivity contribution in [1.29, 1.82) is 5.26 Å². The Balaban J connectivity index is 1.81. The van der Waals surface area contributed by atoms with E-state index in [1.807, 2.05) is 0 Å². The van der Waals surface area contributed by atoms with E-state index in [-0.39, 0.29) is 11.5 Å². The van der Waals surface area contributed by atoms with Crippen LogP contribution in [0.3, 0.4) is 0 Å². The zero-order valence-electron chi connectivity index (χ0n) is 16.3. The summed E-state index contributed by atoms with van der Waals surface area (Å²) < 4.78 is 11.9. The molecule has 2 aromatic carbocycles. The van der Waals surface area contributed by atoms with Crippen molar-refractivity contribution < 1.29 is 23.9 Å². The summed E-state index contributed by atoms with van der Waals surface area (Å²) in [7, 11) is 1.49. The van der Waals surface area contributed by atoms with E-state index in [0.717, 1.165) is 22.2 Å². The van der Waals surface area contributed by atoms with E-state index in [0.29, 0.717) is 27.1 Å². The summed E-state index contributed by atoms with van der Waals surface area (Å²) in [5, 5.41) is 8.33. The molecule has 1 saturated heterocycles. The van der Waals surface area contributed by atoms with Gasteiger partial charge < -0.3 is 15.2 Å². The first-order chi connectivity index (χ1) is 14.8. The number of nitrogens with zero attached hydrogens (tertiary/aromatic N) is 2. The Hall–Kier alpha value is -3.29. The van der Waals surface area contributed by atoms with E-state index in [4.69, 9.17) is 20.5 Å². The number of ether oxygens (including phenoxy) is 2. The fraction of sp³-hybridized carbons (Fsp3) is 0.143. The predicted molar refractivity (Wildman–Crippen MR) is 118 cm³/mol. The normalized spacial score (nSPS) is 14.6. The van der Waals surface area contributed by atoms with Crippen LogP contribution in [0.2, 0.25) is 0 Å². The highest BCUT2D eigenvalue weighted by Crippen LogP contribution is 2.39. The number of rotatable bonds is 7. The fourth-order valence-electron chi connectivity index (χ4n) is 2.74. The van der Waals surface area contributed by atoms with Gasteiger partial charge in [-0.2, -0.15) is 5.26 Å². The van der Waals surface area contributed by atoms with E-state index >= 15 is 0 Å². The number of hydrogen-bond donors (Lipinski definition) is 1. The molecule has 0 atom stereocenters. The van der Waals surface area contributed by atoms with Gasteiger partial charge in [-0.1, -0.05) is 12.1 Å². The molecule has 1 aliphatic rings. The lowest BCUT2D eigenvalue weighted by Gasteiger charge is -2.14. The average molecular weight is 502 g/mol. The highest BCUT2D eigenvalue weighted by atomic mass is 79.9. The quantitative estimate of drug-likeness (QED) is 0.576. The molecule has 3 amide bonds. The molecule has 31 heavy (non-hydrogen) atoms. The first-order valence-corrected chi connectivity index (χ1v) is 10.5. The number of thioether (sulfide) groups is 1. The lowest BCUT2D eigenvalue weighted by atomic mass is 10.1. The summed E-state index contributed by atoms with van der Waals surface area (Å²) in [6.07, 6.45) is 1.53. The molecule has 0 radical (unpaired) electrons. The van der Waals surface area contributed by atoms with Crippen molar-refractivity contribution in [2.45, 2.75) is 6.61 Å². The van der Waals surface area contributed by atoms with Crippen LogP contribution in [0, 0.1) is 11.3 Å². The molecule has 10 heteroatoms. The average Bonchev–Trinajstić information content (AvgIpc) is 3.00. The number of nitriles is 1. The molecule has 1 heterocycles. The third-order valence-corrected chi connectivity index (χ3v) is 5.70. The smallest absolute Gasteiger partial charge is 0.294 e. The number of carbonyl (C=O) groups excluding carboxylic acids is 3. The number of benzene rings is 2. The number of imide groups is 1. The molecule has 1 fully saturated rings. The van der Waals surface area contributed by atoms with Gasteiger partial charge in [0, 0.05) is 0 Å². The molecule has 0 unspecified atom stereocenters. The number of carbonyl (C=O) groups is 3. The number of halogens is 1. The minimum Gasteiger partial charge on any atom is -0.493 e. The summed E-state index contributed by atoms with van der Waals surface area (Å²) in [6.45, 7) is -0.205. The second-order valence-corrected chi connectivity index (χ2v) is 8.21. The Morgan fingerprint density at radius 3 is 2.61 bits per heavy atom. The number of hydrogen-bond acceptors (Lipinski definition) is 7. The molecule has 2 aromatic rings. The largest absolute Gasteiger partial charge is 0.493 e. The van der Waals surface area contributed by atoms with Crippen LogP contribution in [-0.4, -0.2) is 35.6 Å². The van der Waals surface area contributed by atoms with Gasteiger partial charge in [0.05, 0.1) is 28.1 Å². The van der Waals surface area contributed by atoms with Gasteiger partial charge in [0.1, 0.15) is 13.2 Å². The fourth-order valence-corrected chi connectivity index (χ4v) is 4.15. The number of nitrogens with two attached hydrogens (primary N) is 1. The molecule has 0 saturated carbocycles. The molecule has 3 rings (SSSR count). The highest BCUT2D eigenvalue weighted by molar-refractivity contribution is 9.10. The first-order valence-electron chi connectivity index (χ1n) is 8.85. The van der Waals surface area contributed by atoms with Gasteiger partial charge >= 0.3 is 0 Å². The molecule has 158 valence electrons. The number of amides is 3. The number of primary amides is 1. The van der Waals surface area contributed by atoms with Crippen LogP contribution >= 0.6 is 27.7 Å². The Kier molecular flexibility index (Phi) is 6.99. The maximum atomic E-state index is 12.4. The molecular formula is C21H16BrN3O5S. The topological polar surface area (TPSA) is 123 Å². The van der Waals surface area contributed by atoms with Gasteiger partial charge in [-0.3, -0.25) is 19.3 Å². The van der Waals surface area contributed by atoms with Gasteiger partial charge in [0.15, 0.2) is 11.5 Å². The van der Waals surface area contributed by atoms with Crippen molar-refractivity contribution in [3.8, 4) is 17.6 Å². The van der Waals surface area contributed by atoms with Crippen LogP contribution in [0.4, 0.5) is 4.79 Å².